The maximum Gasteiger partial charge on any atom is 0.253 e. The first-order chi connectivity index (χ1) is 11.6. The van der Waals surface area contributed by atoms with Gasteiger partial charge in [0, 0.05) is 30.1 Å². The molecule has 0 unspecified atom stereocenters. The van der Waals surface area contributed by atoms with Gasteiger partial charge in [0.1, 0.15) is 12.4 Å². The van der Waals surface area contributed by atoms with Gasteiger partial charge in [-0.05, 0) is 30.7 Å². The highest BCUT2D eigenvalue weighted by Crippen LogP contribution is 2.19. The van der Waals surface area contributed by atoms with E-state index in [1.807, 2.05) is 18.2 Å². The van der Waals surface area contributed by atoms with E-state index in [0.29, 0.717) is 12.1 Å². The fourth-order valence-corrected chi connectivity index (χ4v) is 2.54. The van der Waals surface area contributed by atoms with Crippen LogP contribution in [0.4, 0.5) is 0 Å². The molecule has 0 aliphatic carbocycles. The number of fused-ring (bicyclic) bond motifs is 1. The van der Waals surface area contributed by atoms with Crippen LogP contribution < -0.4 is 10.3 Å². The van der Waals surface area contributed by atoms with E-state index in [1.54, 1.807) is 18.1 Å². The summed E-state index contributed by atoms with van der Waals surface area (Å²) in [6.45, 7) is 2.95. The smallest absolute Gasteiger partial charge is 0.253 e. The maximum atomic E-state index is 12.3. The molecule has 0 saturated carbocycles. The molecule has 0 bridgehead atoms. The second kappa shape index (κ2) is 8.49. The monoisotopic (exact) mass is 332 g/mol. The lowest BCUT2D eigenvalue weighted by Crippen LogP contribution is -2.35. The standard InChI is InChI=1S/C18H24N2O4/c1-4-5-8-20(17(21)12-23-2)11-14-9-13-10-15(24-3)6-7-16(13)19-18(14)22/h6-7,9-10H,4-5,8,11-12H2,1-3H3,(H,19,22). The van der Waals surface area contributed by atoms with Gasteiger partial charge in [-0.3, -0.25) is 9.59 Å². The van der Waals surface area contributed by atoms with Gasteiger partial charge in [0.25, 0.3) is 5.56 Å². The van der Waals surface area contributed by atoms with Gasteiger partial charge in [-0.25, -0.2) is 0 Å². The zero-order valence-corrected chi connectivity index (χ0v) is 14.4. The average molecular weight is 332 g/mol. The number of unbranched alkanes of at least 4 members (excludes halogenated alkanes) is 1. The van der Waals surface area contributed by atoms with E-state index in [1.165, 1.54) is 7.11 Å². The van der Waals surface area contributed by atoms with E-state index < -0.39 is 0 Å². The molecule has 1 N–H and O–H groups in total. The topological polar surface area (TPSA) is 71.6 Å². The summed E-state index contributed by atoms with van der Waals surface area (Å²) in [5, 5.41) is 0.874. The van der Waals surface area contributed by atoms with Crippen molar-refractivity contribution in [3.8, 4) is 5.75 Å². The molecule has 0 aliphatic rings. The molecule has 24 heavy (non-hydrogen) atoms. The van der Waals surface area contributed by atoms with Crippen molar-refractivity contribution in [1.29, 1.82) is 0 Å². The molecule has 0 spiro atoms. The van der Waals surface area contributed by atoms with Crippen LogP contribution in [0, 0.1) is 0 Å². The predicted molar refractivity (Wildman–Crippen MR) is 93.3 cm³/mol. The summed E-state index contributed by atoms with van der Waals surface area (Å²) in [7, 11) is 3.09. The molecule has 0 radical (unpaired) electrons. The summed E-state index contributed by atoms with van der Waals surface area (Å²) in [6.07, 6.45) is 1.86. The number of benzene rings is 1. The van der Waals surface area contributed by atoms with E-state index in [-0.39, 0.29) is 24.6 Å². The van der Waals surface area contributed by atoms with Crippen LogP contribution in [0.3, 0.4) is 0 Å². The number of amides is 1. The van der Waals surface area contributed by atoms with Gasteiger partial charge in [-0.2, -0.15) is 0 Å². The van der Waals surface area contributed by atoms with Crippen LogP contribution >= 0.6 is 0 Å². The van der Waals surface area contributed by atoms with Crippen molar-refractivity contribution in [2.24, 2.45) is 0 Å². The second-order valence-corrected chi connectivity index (χ2v) is 5.68. The van der Waals surface area contributed by atoms with Crippen molar-refractivity contribution >= 4 is 16.8 Å². The summed E-state index contributed by atoms with van der Waals surface area (Å²) in [4.78, 5) is 29.1. The molecule has 1 heterocycles. The van der Waals surface area contributed by atoms with Crippen LogP contribution in [-0.2, 0) is 16.1 Å². The van der Waals surface area contributed by atoms with Gasteiger partial charge >= 0.3 is 0 Å². The number of aromatic amines is 1. The van der Waals surface area contributed by atoms with Gasteiger partial charge in [-0.15, -0.1) is 0 Å². The second-order valence-electron chi connectivity index (χ2n) is 5.68. The SMILES string of the molecule is CCCCN(Cc1cc2cc(OC)ccc2[nH]c1=O)C(=O)COC. The minimum atomic E-state index is -0.181. The zero-order chi connectivity index (χ0) is 17.5. The Kier molecular flexibility index (Phi) is 6.37. The summed E-state index contributed by atoms with van der Waals surface area (Å²) in [5.41, 5.74) is 1.11. The Labute approximate surface area is 141 Å². The zero-order valence-electron chi connectivity index (χ0n) is 14.4. The highest BCUT2D eigenvalue weighted by molar-refractivity contribution is 5.81. The molecule has 0 fully saturated rings. The molecule has 6 nitrogen and oxygen atoms in total. The number of rotatable bonds is 8. The first kappa shape index (κ1) is 18.0. The number of aromatic nitrogens is 1. The molecule has 2 aromatic rings. The minimum absolute atomic E-state index is 0.0169. The van der Waals surface area contributed by atoms with Crippen LogP contribution in [0.15, 0.2) is 29.1 Å². The molecule has 1 aromatic carbocycles. The van der Waals surface area contributed by atoms with Gasteiger partial charge in [0.15, 0.2) is 0 Å². The van der Waals surface area contributed by atoms with E-state index in [0.717, 1.165) is 29.5 Å². The number of hydrogen-bond donors (Lipinski definition) is 1. The Hall–Kier alpha value is -2.34. The van der Waals surface area contributed by atoms with Crippen LogP contribution in [-0.4, -0.2) is 43.2 Å². The molecule has 1 aromatic heterocycles. The first-order valence-corrected chi connectivity index (χ1v) is 8.05. The predicted octanol–water partition coefficient (Wildman–Crippen LogP) is 2.31. The molecular formula is C18H24N2O4. The number of hydrogen-bond acceptors (Lipinski definition) is 4. The molecule has 1 amide bonds. The van der Waals surface area contributed by atoms with Crippen LogP contribution in [0.25, 0.3) is 10.9 Å². The Morgan fingerprint density at radius 2 is 2.04 bits per heavy atom. The van der Waals surface area contributed by atoms with Gasteiger partial charge in [-0.1, -0.05) is 13.3 Å². The number of pyridine rings is 1. The van der Waals surface area contributed by atoms with E-state index >= 15 is 0 Å². The van der Waals surface area contributed by atoms with Crippen molar-refractivity contribution in [1.82, 2.24) is 9.88 Å². The summed E-state index contributed by atoms with van der Waals surface area (Å²) in [5.74, 6) is 0.606. The molecule has 0 aliphatic heterocycles. The number of carbonyl (C=O) groups is 1. The van der Waals surface area contributed by atoms with Gasteiger partial charge in [0.05, 0.1) is 13.7 Å². The molecule has 2 rings (SSSR count). The molecule has 6 heteroatoms. The highest BCUT2D eigenvalue weighted by Gasteiger charge is 2.15. The Balaban J connectivity index is 2.32. The molecular weight excluding hydrogens is 308 g/mol. The normalized spacial score (nSPS) is 10.8. The number of carbonyl (C=O) groups excluding carboxylic acids is 1. The first-order valence-electron chi connectivity index (χ1n) is 8.05. The number of H-pyrrole nitrogens is 1. The lowest BCUT2D eigenvalue weighted by molar-refractivity contribution is -0.135. The largest absolute Gasteiger partial charge is 0.497 e. The molecule has 0 saturated heterocycles. The third-order valence-corrected chi connectivity index (χ3v) is 3.89. The average Bonchev–Trinajstić information content (AvgIpc) is 2.58. The fourth-order valence-electron chi connectivity index (χ4n) is 2.54. The van der Waals surface area contributed by atoms with Gasteiger partial charge < -0.3 is 19.4 Å². The number of nitrogens with one attached hydrogen (secondary N) is 1. The Morgan fingerprint density at radius 3 is 2.71 bits per heavy atom. The maximum absolute atomic E-state index is 12.3. The van der Waals surface area contributed by atoms with Crippen molar-refractivity contribution in [3.05, 3.63) is 40.2 Å². The summed E-state index contributed by atoms with van der Waals surface area (Å²) < 4.78 is 10.2. The minimum Gasteiger partial charge on any atom is -0.497 e. The van der Waals surface area contributed by atoms with Crippen molar-refractivity contribution in [2.75, 3.05) is 27.4 Å². The Bertz CT molecular complexity index is 754. The van der Waals surface area contributed by atoms with Crippen LogP contribution in [0.1, 0.15) is 25.3 Å². The third kappa shape index (κ3) is 4.35. The fraction of sp³-hybridized carbons (Fsp3) is 0.444. The number of methoxy groups -OCH3 is 2. The van der Waals surface area contributed by atoms with E-state index in [4.69, 9.17) is 9.47 Å². The molecule has 130 valence electrons. The van der Waals surface area contributed by atoms with Crippen molar-refractivity contribution in [3.63, 3.8) is 0 Å². The summed E-state index contributed by atoms with van der Waals surface area (Å²) >= 11 is 0. The van der Waals surface area contributed by atoms with Crippen molar-refractivity contribution in [2.45, 2.75) is 26.3 Å². The number of nitrogens with zero attached hydrogens (tertiary/aromatic N) is 1. The third-order valence-electron chi connectivity index (χ3n) is 3.89. The summed E-state index contributed by atoms with van der Waals surface area (Å²) in [6, 6.07) is 7.29. The van der Waals surface area contributed by atoms with Gasteiger partial charge in [0.2, 0.25) is 5.91 Å². The lowest BCUT2D eigenvalue weighted by Gasteiger charge is -2.22. The molecule has 0 atom stereocenters. The number of ether oxygens (including phenoxy) is 2. The van der Waals surface area contributed by atoms with Crippen molar-refractivity contribution < 1.29 is 14.3 Å². The van der Waals surface area contributed by atoms with Crippen LogP contribution in [0.2, 0.25) is 0 Å². The van der Waals surface area contributed by atoms with Crippen LogP contribution in [0.5, 0.6) is 5.75 Å². The Morgan fingerprint density at radius 1 is 1.25 bits per heavy atom. The lowest BCUT2D eigenvalue weighted by atomic mass is 10.1. The van der Waals surface area contributed by atoms with E-state index in [2.05, 4.69) is 11.9 Å². The van der Waals surface area contributed by atoms with E-state index in [9.17, 15) is 9.59 Å². The quantitative estimate of drug-likeness (QED) is 0.805. The highest BCUT2D eigenvalue weighted by atomic mass is 16.5.